The number of carbonyl (C=O) groups excluding carboxylic acids is 2. The van der Waals surface area contributed by atoms with Crippen molar-refractivity contribution in [2.75, 3.05) is 35.8 Å². The van der Waals surface area contributed by atoms with Crippen LogP contribution in [0.3, 0.4) is 0 Å². The molecule has 2 N–H and O–H groups in total. The van der Waals surface area contributed by atoms with Crippen LogP contribution in [0.15, 0.2) is 66.7 Å². The van der Waals surface area contributed by atoms with Gasteiger partial charge in [0.25, 0.3) is 0 Å². The van der Waals surface area contributed by atoms with Crippen LogP contribution in [-0.4, -0.2) is 37.2 Å². The second-order valence-corrected chi connectivity index (χ2v) is 6.51. The van der Waals surface area contributed by atoms with Crippen LogP contribution in [0.5, 0.6) is 5.75 Å². The molecule has 0 saturated carbocycles. The summed E-state index contributed by atoms with van der Waals surface area (Å²) in [5, 5.41) is 6.02. The van der Waals surface area contributed by atoms with Crippen LogP contribution in [0.2, 0.25) is 0 Å². The first kappa shape index (κ1) is 19.3. The molecule has 2 aromatic carbocycles. The quantitative estimate of drug-likeness (QED) is 0.638. The number of urea groups is 1. The predicted octanol–water partition coefficient (Wildman–Crippen LogP) is 4.04. The van der Waals surface area contributed by atoms with E-state index in [2.05, 4.69) is 15.6 Å². The molecule has 152 valence electrons. The number of nitrogens with one attached hydrogen (secondary N) is 2. The van der Waals surface area contributed by atoms with Gasteiger partial charge in [-0.2, -0.15) is 0 Å². The van der Waals surface area contributed by atoms with E-state index >= 15 is 0 Å². The lowest BCUT2D eigenvalue weighted by atomic mass is 10.2. The van der Waals surface area contributed by atoms with E-state index in [4.69, 9.17) is 9.47 Å². The number of methoxy groups -OCH3 is 1. The molecule has 0 aliphatic carbocycles. The number of anilines is 4. The molecule has 8 nitrogen and oxygen atoms in total. The van der Waals surface area contributed by atoms with Gasteiger partial charge in [-0.15, -0.1) is 0 Å². The number of carbonyl (C=O) groups is 2. The van der Waals surface area contributed by atoms with E-state index in [1.165, 1.54) is 7.11 Å². The molecule has 2 amide bonds. The van der Waals surface area contributed by atoms with Gasteiger partial charge in [-0.3, -0.25) is 4.90 Å². The summed E-state index contributed by atoms with van der Waals surface area (Å²) in [6.45, 7) is 0.755. The van der Waals surface area contributed by atoms with Crippen molar-refractivity contribution in [1.82, 2.24) is 4.98 Å². The summed E-state index contributed by atoms with van der Waals surface area (Å²) in [5.74, 6) is 1.04. The molecule has 2 heterocycles. The third-order valence-electron chi connectivity index (χ3n) is 4.49. The maximum absolute atomic E-state index is 12.8. The topological polar surface area (TPSA) is 92.8 Å². The van der Waals surface area contributed by atoms with Crippen LogP contribution in [0, 0.1) is 0 Å². The third kappa shape index (κ3) is 4.17. The molecule has 8 heteroatoms. The number of esters is 1. The molecule has 0 fully saturated rings. The van der Waals surface area contributed by atoms with Crippen molar-refractivity contribution in [3.63, 3.8) is 0 Å². The number of ether oxygens (including phenoxy) is 2. The number of nitrogens with zero attached hydrogens (tertiary/aromatic N) is 2. The Hall–Kier alpha value is -4.07. The minimum atomic E-state index is -0.422. The third-order valence-corrected chi connectivity index (χ3v) is 4.49. The molecular weight excluding hydrogens is 384 g/mol. The summed E-state index contributed by atoms with van der Waals surface area (Å²) in [4.78, 5) is 30.6. The zero-order chi connectivity index (χ0) is 20.9. The molecule has 1 aromatic heterocycles. The van der Waals surface area contributed by atoms with Gasteiger partial charge in [0.1, 0.15) is 12.4 Å². The first-order chi connectivity index (χ1) is 14.6. The number of aromatic nitrogens is 1. The zero-order valence-corrected chi connectivity index (χ0v) is 16.3. The number of amides is 2. The highest BCUT2D eigenvalue weighted by Crippen LogP contribution is 2.32. The average molecular weight is 404 g/mol. The number of benzene rings is 2. The Morgan fingerprint density at radius 3 is 2.63 bits per heavy atom. The molecular formula is C22H20N4O4. The van der Waals surface area contributed by atoms with Crippen LogP contribution in [-0.2, 0) is 4.74 Å². The molecule has 1 aliphatic rings. The molecule has 0 spiro atoms. The monoisotopic (exact) mass is 404 g/mol. The minimum absolute atomic E-state index is 0.289. The summed E-state index contributed by atoms with van der Waals surface area (Å²) in [7, 11) is 1.34. The number of hydrogen-bond acceptors (Lipinski definition) is 6. The van der Waals surface area contributed by atoms with Crippen molar-refractivity contribution in [3.8, 4) is 5.75 Å². The molecule has 0 atom stereocenters. The maximum atomic E-state index is 12.8. The first-order valence-corrected chi connectivity index (χ1v) is 9.37. The SMILES string of the molecule is COC(=O)c1cccc(Nc2ccc3c(n2)N(C(=O)Nc2ccccc2)CCO3)c1. The summed E-state index contributed by atoms with van der Waals surface area (Å²) < 4.78 is 10.4. The molecule has 3 aromatic rings. The van der Waals surface area contributed by atoms with Crippen LogP contribution < -0.4 is 20.3 Å². The van der Waals surface area contributed by atoms with Crippen molar-refractivity contribution in [2.24, 2.45) is 0 Å². The van der Waals surface area contributed by atoms with Crippen LogP contribution >= 0.6 is 0 Å². The summed E-state index contributed by atoms with van der Waals surface area (Å²) in [5.41, 5.74) is 1.79. The highest BCUT2D eigenvalue weighted by Gasteiger charge is 2.26. The fraction of sp³-hybridized carbons (Fsp3) is 0.136. The van der Waals surface area contributed by atoms with E-state index in [1.54, 1.807) is 35.2 Å². The molecule has 0 bridgehead atoms. The van der Waals surface area contributed by atoms with E-state index < -0.39 is 5.97 Å². The van der Waals surface area contributed by atoms with Gasteiger partial charge in [-0.05, 0) is 42.5 Å². The first-order valence-electron chi connectivity index (χ1n) is 9.37. The number of rotatable bonds is 4. The number of hydrogen-bond donors (Lipinski definition) is 2. The second kappa shape index (κ2) is 8.52. The highest BCUT2D eigenvalue weighted by atomic mass is 16.5. The molecule has 30 heavy (non-hydrogen) atoms. The Kier molecular flexibility index (Phi) is 5.47. The number of fused-ring (bicyclic) bond motifs is 1. The van der Waals surface area contributed by atoms with Gasteiger partial charge < -0.3 is 20.1 Å². The van der Waals surface area contributed by atoms with Gasteiger partial charge in [-0.25, -0.2) is 14.6 Å². The van der Waals surface area contributed by atoms with Gasteiger partial charge >= 0.3 is 12.0 Å². The number of pyridine rings is 1. The molecule has 0 radical (unpaired) electrons. The fourth-order valence-corrected chi connectivity index (χ4v) is 3.06. The average Bonchev–Trinajstić information content (AvgIpc) is 2.79. The van der Waals surface area contributed by atoms with Gasteiger partial charge in [0.15, 0.2) is 11.6 Å². The van der Waals surface area contributed by atoms with Crippen molar-refractivity contribution < 1.29 is 19.1 Å². The van der Waals surface area contributed by atoms with Crippen LogP contribution in [0.4, 0.5) is 27.8 Å². The Morgan fingerprint density at radius 2 is 1.83 bits per heavy atom. The van der Waals surface area contributed by atoms with Gasteiger partial charge in [0, 0.05) is 11.4 Å². The van der Waals surface area contributed by atoms with E-state index in [9.17, 15) is 9.59 Å². The maximum Gasteiger partial charge on any atom is 0.337 e. The van der Waals surface area contributed by atoms with Crippen molar-refractivity contribution in [3.05, 3.63) is 72.3 Å². The lowest BCUT2D eigenvalue weighted by Crippen LogP contribution is -2.41. The van der Waals surface area contributed by atoms with E-state index in [-0.39, 0.29) is 6.03 Å². The van der Waals surface area contributed by atoms with E-state index in [0.717, 1.165) is 0 Å². The normalized spacial score (nSPS) is 12.4. The van der Waals surface area contributed by atoms with Gasteiger partial charge in [0.05, 0.1) is 19.2 Å². The summed E-state index contributed by atoms with van der Waals surface area (Å²) in [6, 6.07) is 19.3. The lowest BCUT2D eigenvalue weighted by Gasteiger charge is -2.28. The minimum Gasteiger partial charge on any atom is -0.488 e. The summed E-state index contributed by atoms with van der Waals surface area (Å²) in [6.07, 6.45) is 0. The molecule has 0 saturated heterocycles. The smallest absolute Gasteiger partial charge is 0.337 e. The Bertz CT molecular complexity index is 1070. The van der Waals surface area contributed by atoms with Crippen LogP contribution in [0.25, 0.3) is 0 Å². The highest BCUT2D eigenvalue weighted by molar-refractivity contribution is 6.02. The van der Waals surface area contributed by atoms with Gasteiger partial charge in [0.2, 0.25) is 0 Å². The van der Waals surface area contributed by atoms with Crippen molar-refractivity contribution >= 4 is 35.0 Å². The van der Waals surface area contributed by atoms with Crippen molar-refractivity contribution in [2.45, 2.75) is 0 Å². The Morgan fingerprint density at radius 1 is 1.03 bits per heavy atom. The molecule has 0 unspecified atom stereocenters. The molecule has 1 aliphatic heterocycles. The van der Waals surface area contributed by atoms with Gasteiger partial charge in [-0.1, -0.05) is 24.3 Å². The van der Waals surface area contributed by atoms with Crippen molar-refractivity contribution in [1.29, 1.82) is 0 Å². The summed E-state index contributed by atoms with van der Waals surface area (Å²) >= 11 is 0. The fourth-order valence-electron chi connectivity index (χ4n) is 3.06. The largest absolute Gasteiger partial charge is 0.488 e. The van der Waals surface area contributed by atoms with E-state index in [1.807, 2.05) is 36.4 Å². The second-order valence-electron chi connectivity index (χ2n) is 6.51. The predicted molar refractivity (Wildman–Crippen MR) is 114 cm³/mol. The van der Waals surface area contributed by atoms with Crippen LogP contribution in [0.1, 0.15) is 10.4 Å². The molecule has 4 rings (SSSR count). The lowest BCUT2D eigenvalue weighted by molar-refractivity contribution is 0.0600. The zero-order valence-electron chi connectivity index (χ0n) is 16.3. The Balaban J connectivity index is 1.56. The number of para-hydroxylation sites is 1. The Labute approximate surface area is 173 Å². The van der Waals surface area contributed by atoms with E-state index in [0.29, 0.717) is 47.5 Å². The standard InChI is InChI=1S/C22H20N4O4/c1-29-21(27)15-6-5-9-17(14-15)23-19-11-10-18-20(25-19)26(12-13-30-18)22(28)24-16-7-3-2-4-8-16/h2-11,14H,12-13H2,1H3,(H,23,25)(H,24,28).